The second-order valence-corrected chi connectivity index (χ2v) is 8.39. The number of nitrogens with two attached hydrogens (primary N) is 1. The highest BCUT2D eigenvalue weighted by atomic mass is 35.5. The molecule has 0 saturated heterocycles. The topological polar surface area (TPSA) is 122 Å². The van der Waals surface area contributed by atoms with E-state index >= 15 is 0 Å². The van der Waals surface area contributed by atoms with Crippen molar-refractivity contribution in [3.8, 4) is 28.5 Å². The predicted molar refractivity (Wildman–Crippen MR) is 128 cm³/mol. The quantitative estimate of drug-likeness (QED) is 0.314. The number of hydrogen-bond donors (Lipinski definition) is 2. The van der Waals surface area contributed by atoms with Crippen LogP contribution in [-0.4, -0.2) is 53.3 Å². The van der Waals surface area contributed by atoms with Crippen LogP contribution in [0, 0.1) is 0 Å². The van der Waals surface area contributed by atoms with E-state index in [1.54, 1.807) is 36.3 Å². The number of nitrogens with one attached hydrogen (secondary N) is 1. The Morgan fingerprint density at radius 2 is 2.00 bits per heavy atom. The van der Waals surface area contributed by atoms with Gasteiger partial charge in [-0.15, -0.1) is 0 Å². The summed E-state index contributed by atoms with van der Waals surface area (Å²) >= 11 is 6.06. The molecule has 0 spiro atoms. The van der Waals surface area contributed by atoms with Crippen molar-refractivity contribution in [1.82, 2.24) is 34.5 Å². The Bertz CT molecular complexity index is 1340. The molecule has 4 aromatic rings. The average molecular weight is 522 g/mol. The number of nitrogens with zero attached hydrogens (tertiary/aromatic N) is 7. The Morgan fingerprint density at radius 3 is 2.75 bits per heavy atom. The molecule has 0 amide bonds. The number of ether oxygens (including phenoxy) is 1. The van der Waals surface area contributed by atoms with Crippen molar-refractivity contribution in [3.63, 3.8) is 0 Å². The lowest BCUT2D eigenvalue weighted by molar-refractivity contribution is -0.142. The molecule has 10 nitrogen and oxygen atoms in total. The normalized spacial score (nSPS) is 12.5. The number of anilines is 2. The van der Waals surface area contributed by atoms with Crippen molar-refractivity contribution < 1.29 is 17.9 Å². The van der Waals surface area contributed by atoms with Gasteiger partial charge in [0.1, 0.15) is 23.1 Å². The molecule has 4 rings (SSSR count). The van der Waals surface area contributed by atoms with Gasteiger partial charge in [0.25, 0.3) is 0 Å². The maximum atomic E-state index is 12.7. The number of hydrogen-bond acceptors (Lipinski definition) is 8. The molecule has 0 unspecified atom stereocenters. The third-order valence-electron chi connectivity index (χ3n) is 5.11. The van der Waals surface area contributed by atoms with E-state index < -0.39 is 12.7 Å². The van der Waals surface area contributed by atoms with E-state index in [1.807, 2.05) is 6.92 Å². The highest BCUT2D eigenvalue weighted by molar-refractivity contribution is 6.29. The van der Waals surface area contributed by atoms with E-state index in [2.05, 4.69) is 30.5 Å². The van der Waals surface area contributed by atoms with Crippen LogP contribution >= 0.6 is 11.6 Å². The van der Waals surface area contributed by atoms with Gasteiger partial charge in [0.05, 0.1) is 18.0 Å². The van der Waals surface area contributed by atoms with E-state index in [-0.39, 0.29) is 11.3 Å². The standard InChI is InChI=1S/C22H23ClF3N9O/c1-13(36-21-15(11-31-34(21)2)20-29-7-4-19(27)32-20)3-6-28-17-9-18(23)30-10-14(17)16-5-8-35(33-16)12-22(24,25)26/h4-5,7-11,13H,3,6,12H2,1-2H3,(H,28,30)(H2,27,29,32)/t13-/m0/s1. The summed E-state index contributed by atoms with van der Waals surface area (Å²) in [5, 5.41) is 11.7. The molecule has 0 saturated carbocycles. The number of pyridine rings is 1. The minimum Gasteiger partial charge on any atom is -0.474 e. The summed E-state index contributed by atoms with van der Waals surface area (Å²) in [5.41, 5.74) is 7.85. The van der Waals surface area contributed by atoms with Crippen molar-refractivity contribution in [3.05, 3.63) is 48.1 Å². The third kappa shape index (κ3) is 6.22. The fraction of sp³-hybridized carbons (Fsp3) is 0.318. The Labute approximate surface area is 209 Å². The Kier molecular flexibility index (Phi) is 7.29. The fourth-order valence-electron chi connectivity index (χ4n) is 3.44. The van der Waals surface area contributed by atoms with Crippen molar-refractivity contribution in [1.29, 1.82) is 0 Å². The zero-order valence-corrected chi connectivity index (χ0v) is 20.1. The molecule has 190 valence electrons. The third-order valence-corrected chi connectivity index (χ3v) is 5.32. The summed E-state index contributed by atoms with van der Waals surface area (Å²) in [7, 11) is 1.75. The molecule has 14 heteroatoms. The van der Waals surface area contributed by atoms with Crippen molar-refractivity contribution >= 4 is 23.1 Å². The van der Waals surface area contributed by atoms with Gasteiger partial charge < -0.3 is 15.8 Å². The van der Waals surface area contributed by atoms with Crippen LogP contribution in [0.5, 0.6) is 5.88 Å². The summed E-state index contributed by atoms with van der Waals surface area (Å²) in [6, 6.07) is 4.69. The molecule has 0 fully saturated rings. The molecular weight excluding hydrogens is 499 g/mol. The number of nitrogen functional groups attached to an aromatic ring is 1. The first-order valence-corrected chi connectivity index (χ1v) is 11.2. The summed E-state index contributed by atoms with van der Waals surface area (Å²) in [6.07, 6.45) is 1.88. The minimum atomic E-state index is -4.37. The van der Waals surface area contributed by atoms with Gasteiger partial charge in [0, 0.05) is 49.9 Å². The van der Waals surface area contributed by atoms with Crippen LogP contribution in [0.2, 0.25) is 5.15 Å². The zero-order chi connectivity index (χ0) is 25.9. The molecule has 0 aromatic carbocycles. The van der Waals surface area contributed by atoms with Gasteiger partial charge in [-0.2, -0.15) is 23.4 Å². The molecule has 0 aliphatic rings. The fourth-order valence-corrected chi connectivity index (χ4v) is 3.60. The maximum Gasteiger partial charge on any atom is 0.408 e. The average Bonchev–Trinajstić information content (AvgIpc) is 3.39. The molecule has 4 aromatic heterocycles. The molecule has 3 N–H and O–H groups in total. The summed E-state index contributed by atoms with van der Waals surface area (Å²) in [5.74, 6) is 1.24. The van der Waals surface area contributed by atoms with Crippen LogP contribution in [0.25, 0.3) is 22.6 Å². The van der Waals surface area contributed by atoms with E-state index in [0.717, 1.165) is 4.68 Å². The molecule has 0 bridgehead atoms. The summed E-state index contributed by atoms with van der Waals surface area (Å²) in [4.78, 5) is 12.5. The molecule has 1 atom stereocenters. The lowest BCUT2D eigenvalue weighted by atomic mass is 10.1. The first kappa shape index (κ1) is 25.2. The van der Waals surface area contributed by atoms with Gasteiger partial charge in [-0.05, 0) is 25.1 Å². The number of halogens is 4. The van der Waals surface area contributed by atoms with Gasteiger partial charge in [-0.25, -0.2) is 19.6 Å². The van der Waals surface area contributed by atoms with Gasteiger partial charge >= 0.3 is 6.18 Å². The van der Waals surface area contributed by atoms with Crippen LogP contribution in [-0.2, 0) is 13.6 Å². The lowest BCUT2D eigenvalue weighted by Gasteiger charge is -2.17. The van der Waals surface area contributed by atoms with E-state index in [0.29, 0.717) is 53.0 Å². The van der Waals surface area contributed by atoms with Gasteiger partial charge in [-0.3, -0.25) is 4.68 Å². The molecule has 0 aliphatic heterocycles. The number of rotatable bonds is 9. The van der Waals surface area contributed by atoms with E-state index in [9.17, 15) is 13.2 Å². The Morgan fingerprint density at radius 1 is 1.19 bits per heavy atom. The first-order chi connectivity index (χ1) is 17.1. The van der Waals surface area contributed by atoms with Crippen LogP contribution in [0.3, 0.4) is 0 Å². The number of aryl methyl sites for hydroxylation is 1. The van der Waals surface area contributed by atoms with Gasteiger partial charge in [0.15, 0.2) is 5.82 Å². The van der Waals surface area contributed by atoms with Crippen LogP contribution in [0.15, 0.2) is 43.0 Å². The maximum absolute atomic E-state index is 12.7. The number of aromatic nitrogens is 7. The van der Waals surface area contributed by atoms with E-state index in [1.165, 1.54) is 18.5 Å². The van der Waals surface area contributed by atoms with Gasteiger partial charge in [-0.1, -0.05) is 11.6 Å². The zero-order valence-electron chi connectivity index (χ0n) is 19.4. The molecule has 0 radical (unpaired) electrons. The largest absolute Gasteiger partial charge is 0.474 e. The molecule has 4 heterocycles. The van der Waals surface area contributed by atoms with Gasteiger partial charge in [0.2, 0.25) is 5.88 Å². The minimum absolute atomic E-state index is 0.237. The van der Waals surface area contributed by atoms with Crippen molar-refractivity contribution in [2.45, 2.75) is 32.2 Å². The monoisotopic (exact) mass is 521 g/mol. The van der Waals surface area contributed by atoms with Crippen molar-refractivity contribution in [2.75, 3.05) is 17.6 Å². The lowest BCUT2D eigenvalue weighted by Crippen LogP contribution is -2.19. The highest BCUT2D eigenvalue weighted by Crippen LogP contribution is 2.30. The molecule has 0 aliphatic carbocycles. The molecule has 36 heavy (non-hydrogen) atoms. The summed E-state index contributed by atoms with van der Waals surface area (Å²) in [6.45, 7) is 1.19. The second-order valence-electron chi connectivity index (χ2n) is 8.00. The molecular formula is C22H23ClF3N9O. The Hall–Kier alpha value is -3.87. The second kappa shape index (κ2) is 10.4. The number of alkyl halides is 3. The van der Waals surface area contributed by atoms with E-state index in [4.69, 9.17) is 22.1 Å². The van der Waals surface area contributed by atoms with Crippen molar-refractivity contribution in [2.24, 2.45) is 7.05 Å². The smallest absolute Gasteiger partial charge is 0.408 e. The van der Waals surface area contributed by atoms with Crippen LogP contribution in [0.4, 0.5) is 24.7 Å². The van der Waals surface area contributed by atoms with Crippen LogP contribution < -0.4 is 15.8 Å². The Balaban J connectivity index is 1.42. The predicted octanol–water partition coefficient (Wildman–Crippen LogP) is 4.20. The summed E-state index contributed by atoms with van der Waals surface area (Å²) < 4.78 is 46.6. The van der Waals surface area contributed by atoms with Crippen LogP contribution in [0.1, 0.15) is 13.3 Å². The first-order valence-electron chi connectivity index (χ1n) is 10.9. The SMILES string of the molecule is C[C@@H](CCNc1cc(Cl)ncc1-c1ccn(CC(F)(F)F)n1)Oc1c(-c2nccc(N)n2)cnn1C. The highest BCUT2D eigenvalue weighted by Gasteiger charge is 2.28.